The first kappa shape index (κ1) is 24.1. The zero-order valence-corrected chi connectivity index (χ0v) is 20.8. The number of fused-ring (bicyclic) bond motifs is 3. The Kier molecular flexibility index (Phi) is 6.55. The van der Waals surface area contributed by atoms with Gasteiger partial charge in [0.05, 0.1) is 33.9 Å². The van der Waals surface area contributed by atoms with Gasteiger partial charge in [-0.15, -0.1) is 0 Å². The monoisotopic (exact) mass is 498 g/mol. The number of carbonyl (C=O) groups is 2. The van der Waals surface area contributed by atoms with Crippen LogP contribution in [0.25, 0.3) is 0 Å². The Morgan fingerprint density at radius 2 is 1.61 bits per heavy atom. The van der Waals surface area contributed by atoms with Gasteiger partial charge in [0.15, 0.2) is 23.0 Å². The third-order valence-corrected chi connectivity index (χ3v) is 7.16. The summed E-state index contributed by atoms with van der Waals surface area (Å²) in [4.78, 5) is 25.9. The van der Waals surface area contributed by atoms with Gasteiger partial charge in [-0.2, -0.15) is 0 Å². The number of carbonyl (C=O) groups excluding carboxylic acids is 2. The average molecular weight is 499 g/mol. The fraction of sp³-hybridized carbons (Fsp3) is 0.481. The van der Waals surface area contributed by atoms with Crippen molar-refractivity contribution in [3.05, 3.63) is 41.0 Å². The summed E-state index contributed by atoms with van der Waals surface area (Å²) in [5.41, 5.74) is 2.37. The van der Waals surface area contributed by atoms with Gasteiger partial charge in [-0.3, -0.25) is 9.59 Å². The first-order valence-electron chi connectivity index (χ1n) is 12.1. The van der Waals surface area contributed by atoms with Crippen molar-refractivity contribution in [1.82, 2.24) is 0 Å². The minimum Gasteiger partial charge on any atom is -0.493 e. The summed E-state index contributed by atoms with van der Waals surface area (Å²) in [5, 5.41) is 0. The molecule has 3 aliphatic rings. The summed E-state index contributed by atoms with van der Waals surface area (Å²) in [6, 6.07) is 7.42. The van der Waals surface area contributed by atoms with Crippen LogP contribution in [0.5, 0.6) is 28.7 Å². The van der Waals surface area contributed by atoms with Crippen molar-refractivity contribution in [3.63, 3.8) is 0 Å². The lowest BCUT2D eigenvalue weighted by atomic mass is 9.66. The van der Waals surface area contributed by atoms with Gasteiger partial charge < -0.3 is 33.2 Å². The molecule has 36 heavy (non-hydrogen) atoms. The maximum atomic E-state index is 13.2. The SMILES string of the molecule is CCCCC(=O)O[C@H]1c2cc3c(cc2[C@@H](c2cc(OC)c(OC)c(OC)c2)[C@@H]2C(=O)OC[C@@H]21)OCO3. The number of cyclic esters (lactones) is 1. The van der Waals surface area contributed by atoms with Crippen LogP contribution in [-0.2, 0) is 19.1 Å². The maximum Gasteiger partial charge on any atom is 0.310 e. The molecule has 9 heteroatoms. The van der Waals surface area contributed by atoms with E-state index < -0.39 is 17.9 Å². The predicted molar refractivity (Wildman–Crippen MR) is 127 cm³/mol. The van der Waals surface area contributed by atoms with Crippen LogP contribution < -0.4 is 23.7 Å². The highest BCUT2D eigenvalue weighted by atomic mass is 16.7. The molecule has 0 radical (unpaired) electrons. The fourth-order valence-corrected chi connectivity index (χ4v) is 5.47. The van der Waals surface area contributed by atoms with Gasteiger partial charge >= 0.3 is 11.9 Å². The first-order chi connectivity index (χ1) is 17.5. The first-order valence-corrected chi connectivity index (χ1v) is 12.1. The summed E-state index contributed by atoms with van der Waals surface area (Å²) in [7, 11) is 4.64. The van der Waals surface area contributed by atoms with Gasteiger partial charge in [0, 0.05) is 23.8 Å². The Morgan fingerprint density at radius 3 is 2.22 bits per heavy atom. The van der Waals surface area contributed by atoms with E-state index in [1.165, 1.54) is 0 Å². The second-order valence-corrected chi connectivity index (χ2v) is 9.10. The molecular weight excluding hydrogens is 468 g/mol. The molecule has 2 aliphatic heterocycles. The van der Waals surface area contributed by atoms with Gasteiger partial charge in [0.2, 0.25) is 12.5 Å². The van der Waals surface area contributed by atoms with Crippen molar-refractivity contribution in [3.8, 4) is 28.7 Å². The number of esters is 2. The van der Waals surface area contributed by atoms with Gasteiger partial charge in [0.25, 0.3) is 0 Å². The van der Waals surface area contributed by atoms with Crippen LogP contribution in [0, 0.1) is 11.8 Å². The molecule has 0 aromatic heterocycles. The summed E-state index contributed by atoms with van der Waals surface area (Å²) in [6.45, 7) is 2.28. The van der Waals surface area contributed by atoms with Crippen molar-refractivity contribution >= 4 is 11.9 Å². The van der Waals surface area contributed by atoms with Crippen molar-refractivity contribution < 1.29 is 42.7 Å². The van der Waals surface area contributed by atoms with E-state index in [1.807, 2.05) is 31.2 Å². The zero-order chi connectivity index (χ0) is 25.4. The standard InChI is InChI=1S/C27H30O9/c1-5-6-7-22(28)36-25-16-11-19-18(34-13-35-19)10-15(16)23(24-17(25)12-33-27(24)29)14-8-20(30-2)26(32-4)21(9-14)31-3/h8-11,17,23-25H,5-7,12-13H2,1-4H3/t17-,23+,24+,25-/m0/s1. The average Bonchev–Trinajstić information content (AvgIpc) is 3.51. The normalized spacial score (nSPS) is 23.4. The summed E-state index contributed by atoms with van der Waals surface area (Å²) in [5.74, 6) is 0.571. The van der Waals surface area contributed by atoms with E-state index in [0.29, 0.717) is 35.2 Å². The Bertz CT molecular complexity index is 1150. The molecule has 0 bridgehead atoms. The summed E-state index contributed by atoms with van der Waals surface area (Å²) < 4.78 is 39.5. The molecule has 0 spiro atoms. The molecule has 0 unspecified atom stereocenters. The third kappa shape index (κ3) is 3.96. The quantitative estimate of drug-likeness (QED) is 0.497. The predicted octanol–water partition coefficient (Wildman–Crippen LogP) is 4.15. The Morgan fingerprint density at radius 1 is 0.944 bits per heavy atom. The van der Waals surface area contributed by atoms with Gasteiger partial charge in [0.1, 0.15) is 6.10 Å². The molecule has 4 atom stereocenters. The minimum atomic E-state index is -0.645. The molecule has 0 saturated carbocycles. The molecule has 0 amide bonds. The van der Waals surface area contributed by atoms with Crippen LogP contribution in [0.15, 0.2) is 24.3 Å². The van der Waals surface area contributed by atoms with Crippen LogP contribution in [-0.4, -0.2) is 46.7 Å². The van der Waals surface area contributed by atoms with Gasteiger partial charge in [-0.1, -0.05) is 13.3 Å². The largest absolute Gasteiger partial charge is 0.493 e. The lowest BCUT2D eigenvalue weighted by Crippen LogP contribution is -2.36. The summed E-state index contributed by atoms with van der Waals surface area (Å²) >= 11 is 0. The number of benzene rings is 2. The number of methoxy groups -OCH3 is 3. The van der Waals surface area contributed by atoms with Crippen LogP contribution in [0.2, 0.25) is 0 Å². The topological polar surface area (TPSA) is 98.8 Å². The smallest absolute Gasteiger partial charge is 0.310 e. The number of hydrogen-bond acceptors (Lipinski definition) is 9. The number of unbranched alkanes of at least 4 members (excludes halogenated alkanes) is 1. The van der Waals surface area contributed by atoms with Crippen molar-refractivity contribution in [2.75, 3.05) is 34.7 Å². The second kappa shape index (κ2) is 9.79. The van der Waals surface area contributed by atoms with Crippen molar-refractivity contribution in [2.24, 2.45) is 11.8 Å². The van der Waals surface area contributed by atoms with Crippen LogP contribution in [0.3, 0.4) is 0 Å². The Hall–Kier alpha value is -3.62. The molecule has 0 N–H and O–H groups in total. The minimum absolute atomic E-state index is 0.100. The van der Waals surface area contributed by atoms with E-state index >= 15 is 0 Å². The van der Waals surface area contributed by atoms with E-state index in [9.17, 15) is 9.59 Å². The lowest BCUT2D eigenvalue weighted by molar-refractivity contribution is -0.154. The highest BCUT2D eigenvalue weighted by molar-refractivity contribution is 5.79. The molecule has 2 aromatic rings. The second-order valence-electron chi connectivity index (χ2n) is 9.10. The molecule has 9 nitrogen and oxygen atoms in total. The van der Waals surface area contributed by atoms with Crippen molar-refractivity contribution in [2.45, 2.75) is 38.2 Å². The molecule has 192 valence electrons. The van der Waals surface area contributed by atoms with E-state index in [4.69, 9.17) is 33.2 Å². The highest BCUT2D eigenvalue weighted by Crippen LogP contribution is 2.56. The molecule has 1 fully saturated rings. The van der Waals surface area contributed by atoms with E-state index in [1.54, 1.807) is 21.3 Å². The molecule has 5 rings (SSSR count). The zero-order valence-electron chi connectivity index (χ0n) is 20.8. The maximum absolute atomic E-state index is 13.2. The van der Waals surface area contributed by atoms with Gasteiger partial charge in [-0.05, 0) is 41.8 Å². The Labute approximate surface area is 209 Å². The number of ether oxygens (including phenoxy) is 7. The Balaban J connectivity index is 1.68. The molecular formula is C27H30O9. The fourth-order valence-electron chi connectivity index (χ4n) is 5.47. The molecule has 2 aromatic carbocycles. The molecule has 2 heterocycles. The van der Waals surface area contributed by atoms with E-state index in [0.717, 1.165) is 29.5 Å². The van der Waals surface area contributed by atoms with Gasteiger partial charge in [-0.25, -0.2) is 0 Å². The van der Waals surface area contributed by atoms with Crippen LogP contribution in [0.1, 0.15) is 54.9 Å². The van der Waals surface area contributed by atoms with Crippen molar-refractivity contribution in [1.29, 1.82) is 0 Å². The highest BCUT2D eigenvalue weighted by Gasteiger charge is 2.54. The number of rotatable bonds is 8. The van der Waals surface area contributed by atoms with E-state index in [2.05, 4.69) is 0 Å². The number of hydrogen-bond donors (Lipinski definition) is 0. The third-order valence-electron chi connectivity index (χ3n) is 7.16. The van der Waals surface area contributed by atoms with Crippen LogP contribution in [0.4, 0.5) is 0 Å². The molecule has 1 aliphatic carbocycles. The van der Waals surface area contributed by atoms with E-state index in [-0.39, 0.29) is 31.3 Å². The lowest BCUT2D eigenvalue weighted by Gasteiger charge is -2.38. The van der Waals surface area contributed by atoms with Crippen LogP contribution >= 0.6 is 0 Å². The molecule has 1 saturated heterocycles. The summed E-state index contributed by atoms with van der Waals surface area (Å²) in [6.07, 6.45) is 1.28.